The minimum atomic E-state index is -0.202. The Morgan fingerprint density at radius 2 is 1.68 bits per heavy atom. The Kier molecular flexibility index (Phi) is 5.15. The summed E-state index contributed by atoms with van der Waals surface area (Å²) in [5.74, 6) is -0.240. The van der Waals surface area contributed by atoms with Gasteiger partial charge in [0.2, 0.25) is 5.91 Å². The molecule has 0 saturated heterocycles. The molecule has 0 spiro atoms. The van der Waals surface area contributed by atoms with E-state index in [1.807, 2.05) is 37.3 Å². The Morgan fingerprint density at radius 3 is 2.48 bits per heavy atom. The van der Waals surface area contributed by atoms with E-state index in [2.05, 4.69) is 11.4 Å². The summed E-state index contributed by atoms with van der Waals surface area (Å²) in [5.41, 5.74) is 2.45. The van der Waals surface area contributed by atoms with Crippen LogP contribution in [0.15, 0.2) is 60.7 Å². The Hall–Kier alpha value is -2.65. The number of hydrogen-bond donors (Lipinski definition) is 1. The number of carbonyl (C=O) groups excluding carboxylic acids is 2. The van der Waals surface area contributed by atoms with E-state index in [-0.39, 0.29) is 24.5 Å². The van der Waals surface area contributed by atoms with Gasteiger partial charge >= 0.3 is 0 Å². The lowest BCUT2D eigenvalue weighted by Crippen LogP contribution is -2.13. The van der Waals surface area contributed by atoms with Gasteiger partial charge in [0.15, 0.2) is 5.78 Å². The molecule has 0 unspecified atom stereocenters. The number of fused-ring (bicyclic) bond motifs is 1. The molecule has 1 N–H and O–H groups in total. The number of aryl methyl sites for hydroxylation is 1. The van der Waals surface area contributed by atoms with E-state index in [0.29, 0.717) is 16.3 Å². The maximum absolute atomic E-state index is 12.4. The van der Waals surface area contributed by atoms with E-state index in [9.17, 15) is 9.59 Å². The predicted molar refractivity (Wildman–Crippen MR) is 102 cm³/mol. The van der Waals surface area contributed by atoms with Crippen molar-refractivity contribution in [1.82, 2.24) is 0 Å². The van der Waals surface area contributed by atoms with Crippen LogP contribution in [0.2, 0.25) is 5.02 Å². The number of halogens is 1. The molecule has 126 valence electrons. The molecule has 0 aromatic heterocycles. The molecule has 3 rings (SSSR count). The molecule has 0 aliphatic carbocycles. The topological polar surface area (TPSA) is 46.2 Å². The third-order valence-electron chi connectivity index (χ3n) is 4.01. The fraction of sp³-hybridized carbons (Fsp3) is 0.143. The van der Waals surface area contributed by atoms with E-state index >= 15 is 0 Å². The van der Waals surface area contributed by atoms with Gasteiger partial charge in [-0.3, -0.25) is 9.59 Å². The number of ketones is 1. The van der Waals surface area contributed by atoms with Crippen molar-refractivity contribution in [3.8, 4) is 0 Å². The van der Waals surface area contributed by atoms with Gasteiger partial charge in [0.05, 0.1) is 0 Å². The lowest BCUT2D eigenvalue weighted by molar-refractivity contribution is -0.116. The van der Waals surface area contributed by atoms with Crippen molar-refractivity contribution in [2.75, 3.05) is 5.32 Å². The summed E-state index contributed by atoms with van der Waals surface area (Å²) in [5, 5.41) is 5.44. The number of carbonyl (C=O) groups is 2. The van der Waals surface area contributed by atoms with Crippen LogP contribution in [0.1, 0.15) is 28.8 Å². The monoisotopic (exact) mass is 351 g/mol. The zero-order valence-electron chi connectivity index (χ0n) is 13.9. The highest BCUT2D eigenvalue weighted by Crippen LogP contribution is 2.19. The van der Waals surface area contributed by atoms with Crippen molar-refractivity contribution >= 4 is 39.8 Å². The standard InChI is InChI=1S/C21H18ClNO2/c1-14-5-6-16-12-17(8-7-15(16)11-14)20(24)9-10-21(25)23-19-4-2-3-18(22)13-19/h2-8,11-13H,9-10H2,1H3,(H,23,25). The second kappa shape index (κ2) is 7.49. The van der Waals surface area contributed by atoms with E-state index in [1.165, 1.54) is 5.56 Å². The van der Waals surface area contributed by atoms with Gasteiger partial charge in [0.25, 0.3) is 0 Å². The summed E-state index contributed by atoms with van der Waals surface area (Å²) in [7, 11) is 0. The average molecular weight is 352 g/mol. The molecule has 3 aromatic rings. The van der Waals surface area contributed by atoms with Gasteiger partial charge in [-0.2, -0.15) is 0 Å². The molecule has 3 nitrogen and oxygen atoms in total. The van der Waals surface area contributed by atoms with E-state index < -0.39 is 0 Å². The van der Waals surface area contributed by atoms with Crippen molar-refractivity contribution < 1.29 is 9.59 Å². The fourth-order valence-corrected chi connectivity index (χ4v) is 2.89. The molecule has 3 aromatic carbocycles. The highest BCUT2D eigenvalue weighted by atomic mass is 35.5. The Labute approximate surface area is 151 Å². The third-order valence-corrected chi connectivity index (χ3v) is 4.24. The van der Waals surface area contributed by atoms with Crippen LogP contribution in [0, 0.1) is 6.92 Å². The number of amides is 1. The highest BCUT2D eigenvalue weighted by Gasteiger charge is 2.10. The van der Waals surface area contributed by atoms with Crippen LogP contribution in [0.25, 0.3) is 10.8 Å². The number of benzene rings is 3. The van der Waals surface area contributed by atoms with Crippen LogP contribution in [0.5, 0.6) is 0 Å². The first-order chi connectivity index (χ1) is 12.0. The molecule has 0 saturated carbocycles. The lowest BCUT2D eigenvalue weighted by Gasteiger charge is -2.06. The maximum atomic E-state index is 12.4. The molecule has 0 radical (unpaired) electrons. The van der Waals surface area contributed by atoms with Crippen molar-refractivity contribution in [2.45, 2.75) is 19.8 Å². The number of Topliss-reactive ketones (excluding diaryl/α,β-unsaturated/α-hetero) is 1. The quantitative estimate of drug-likeness (QED) is 0.625. The van der Waals surface area contributed by atoms with Gasteiger partial charge in [-0.05, 0) is 42.0 Å². The largest absolute Gasteiger partial charge is 0.326 e. The van der Waals surface area contributed by atoms with Crippen LogP contribution in [-0.2, 0) is 4.79 Å². The molecule has 0 bridgehead atoms. The molecule has 1 amide bonds. The number of anilines is 1. The van der Waals surface area contributed by atoms with Gasteiger partial charge in [-0.15, -0.1) is 0 Å². The van der Waals surface area contributed by atoms with Crippen LogP contribution in [0.4, 0.5) is 5.69 Å². The third kappa shape index (κ3) is 4.46. The van der Waals surface area contributed by atoms with E-state index in [1.54, 1.807) is 24.3 Å². The molecule has 0 atom stereocenters. The molecule has 25 heavy (non-hydrogen) atoms. The molecule has 0 aliphatic rings. The van der Waals surface area contributed by atoms with Crippen molar-refractivity contribution in [2.24, 2.45) is 0 Å². The predicted octanol–water partition coefficient (Wildman–Crippen LogP) is 5.40. The fourth-order valence-electron chi connectivity index (χ4n) is 2.70. The summed E-state index contributed by atoms with van der Waals surface area (Å²) in [6.45, 7) is 2.04. The molecule has 4 heteroatoms. The van der Waals surface area contributed by atoms with Crippen molar-refractivity contribution in [3.05, 3.63) is 76.8 Å². The molecular weight excluding hydrogens is 334 g/mol. The molecular formula is C21H18ClNO2. The Morgan fingerprint density at radius 1 is 0.920 bits per heavy atom. The smallest absolute Gasteiger partial charge is 0.224 e. The van der Waals surface area contributed by atoms with Crippen LogP contribution < -0.4 is 5.32 Å². The summed E-state index contributed by atoms with van der Waals surface area (Å²) >= 11 is 5.89. The average Bonchev–Trinajstić information content (AvgIpc) is 2.59. The Bertz CT molecular complexity index is 950. The molecule has 0 aliphatic heterocycles. The highest BCUT2D eigenvalue weighted by molar-refractivity contribution is 6.30. The summed E-state index contributed by atoms with van der Waals surface area (Å²) in [6.07, 6.45) is 0.307. The van der Waals surface area contributed by atoms with Gasteiger partial charge < -0.3 is 5.32 Å². The van der Waals surface area contributed by atoms with Crippen LogP contribution >= 0.6 is 11.6 Å². The minimum absolute atomic E-state index is 0.0382. The van der Waals surface area contributed by atoms with Crippen molar-refractivity contribution in [1.29, 1.82) is 0 Å². The van der Waals surface area contributed by atoms with Crippen LogP contribution in [-0.4, -0.2) is 11.7 Å². The second-order valence-corrected chi connectivity index (χ2v) is 6.48. The zero-order chi connectivity index (χ0) is 17.8. The van der Waals surface area contributed by atoms with Gasteiger partial charge in [-0.1, -0.05) is 53.6 Å². The Balaban J connectivity index is 1.62. The number of rotatable bonds is 5. The summed E-state index contributed by atoms with van der Waals surface area (Å²) < 4.78 is 0. The van der Waals surface area contributed by atoms with Gasteiger partial charge in [0, 0.05) is 29.1 Å². The first kappa shape index (κ1) is 17.2. The van der Waals surface area contributed by atoms with Crippen LogP contribution in [0.3, 0.4) is 0 Å². The summed E-state index contributed by atoms with van der Waals surface area (Å²) in [6, 6.07) is 18.7. The zero-order valence-corrected chi connectivity index (χ0v) is 14.6. The van der Waals surface area contributed by atoms with E-state index in [4.69, 9.17) is 11.6 Å². The van der Waals surface area contributed by atoms with Gasteiger partial charge in [-0.25, -0.2) is 0 Å². The molecule has 0 fully saturated rings. The normalized spacial score (nSPS) is 10.6. The second-order valence-electron chi connectivity index (χ2n) is 6.05. The first-order valence-electron chi connectivity index (χ1n) is 8.10. The molecule has 0 heterocycles. The number of hydrogen-bond acceptors (Lipinski definition) is 2. The van der Waals surface area contributed by atoms with Crippen molar-refractivity contribution in [3.63, 3.8) is 0 Å². The number of nitrogens with one attached hydrogen (secondary N) is 1. The SMILES string of the molecule is Cc1ccc2cc(C(=O)CCC(=O)Nc3cccc(Cl)c3)ccc2c1. The summed E-state index contributed by atoms with van der Waals surface area (Å²) in [4.78, 5) is 24.4. The van der Waals surface area contributed by atoms with Gasteiger partial charge in [0.1, 0.15) is 0 Å². The first-order valence-corrected chi connectivity index (χ1v) is 8.48. The minimum Gasteiger partial charge on any atom is -0.326 e. The van der Waals surface area contributed by atoms with E-state index in [0.717, 1.165) is 10.8 Å². The maximum Gasteiger partial charge on any atom is 0.224 e. The lowest BCUT2D eigenvalue weighted by atomic mass is 10.0.